The molecule has 10 rings (SSSR count). The van der Waals surface area contributed by atoms with Crippen molar-refractivity contribution < 1.29 is 69.7 Å². The first-order chi connectivity index (χ1) is 43.9. The Morgan fingerprint density at radius 1 is 0.774 bits per heavy atom. The molecule has 2 aromatic heterocycles. The summed E-state index contributed by atoms with van der Waals surface area (Å²) >= 11 is 11.3. The number of nitrogens with one attached hydrogen (secondary N) is 3. The van der Waals surface area contributed by atoms with Gasteiger partial charge in [-0.1, -0.05) is 72.0 Å². The van der Waals surface area contributed by atoms with Gasteiger partial charge in [0.25, 0.3) is 33.0 Å². The third kappa shape index (κ3) is 17.9. The van der Waals surface area contributed by atoms with Gasteiger partial charge in [0.15, 0.2) is 22.2 Å². The fourth-order valence-corrected chi connectivity index (χ4v) is 12.1. The first kappa shape index (κ1) is 71.6. The number of carboxylic acids is 1. The number of para-hydroxylation sites is 1. The Kier molecular flexibility index (Phi) is 23.7. The molecule has 3 aliphatic rings. The van der Waals surface area contributed by atoms with Gasteiger partial charge in [0.05, 0.1) is 64.9 Å². The zero-order chi connectivity index (χ0) is 68.3. The van der Waals surface area contributed by atoms with Gasteiger partial charge < -0.3 is 39.3 Å². The van der Waals surface area contributed by atoms with Gasteiger partial charge in [0, 0.05) is 53.7 Å². The van der Waals surface area contributed by atoms with E-state index in [4.69, 9.17) is 52.1 Å². The highest BCUT2D eigenvalue weighted by Gasteiger charge is 2.33. The van der Waals surface area contributed by atoms with Crippen LogP contribution in [0.1, 0.15) is 118 Å². The maximum Gasteiger partial charge on any atom is 0.341 e. The number of nitrogens with zero attached hydrogens (tertiary/aromatic N) is 4. The summed E-state index contributed by atoms with van der Waals surface area (Å²) in [5, 5.41) is 18.5. The summed E-state index contributed by atoms with van der Waals surface area (Å²) in [4.78, 5) is 90.5. The maximum atomic E-state index is 13.5. The summed E-state index contributed by atoms with van der Waals surface area (Å²) in [6.07, 6.45) is 6.41. The fourth-order valence-electron chi connectivity index (χ4n) is 9.73. The standard InChI is InChI=1S/C23H32N2O4.C18H18N2O5S.C16H17N3O5S.C8H6Cl2O3/c1-7-16-13-15(3)14-17(8-2)18(16)19-20(26)24-9-11-28-12-10-25(24)21(19)29-22(27)23(4,5)6;1-25-16-5-3-2-4-15(16)18(22)20-26(23,24)14-10-6-12(7-11-14)17(21)19-13-8-9-13;1-9-10(15(20)11-8-17-19(2)16(11)21)4-5-13(25(3,22)23)14(9)12-6-7-24-18-12;9-5-1-2-7(6(10)3-5)13-4-8(11)12/h13-14H,7-12H2,1-6H3;2-7,10-11,13H,8-9H2,1H3,(H,19,21)(H,20,22);4-5,8,17H,6-7H2,1-3H3;1-3H,4H2,(H,11,12). The number of aliphatic carboxylic acids is 1. The highest BCUT2D eigenvalue weighted by molar-refractivity contribution is 7.91. The largest absolute Gasteiger partial charge is 0.496 e. The SMILES string of the molecule is CCc1cc(C)cc(CC)c1-c1c(OC(=O)C(C)(C)C)n2n(c1=O)CCOCC2.COc1ccccc1C(=O)NS(=O)(=O)c1ccc(C(=O)NC2CC2)cc1.Cc1c(C(=O)c2c[nH]n(C)c2=O)ccc(S(C)(=O)=O)c1C1=NOCC1.O=C(O)COc1ccc(Cl)cc1Cl. The summed E-state index contributed by atoms with van der Waals surface area (Å²) in [6, 6.07) is 23.6. The minimum Gasteiger partial charge on any atom is -0.496 e. The average Bonchev–Trinajstić information content (AvgIpc) is 1.66. The van der Waals surface area contributed by atoms with Crippen molar-refractivity contribution in [1.29, 1.82) is 0 Å². The summed E-state index contributed by atoms with van der Waals surface area (Å²) in [6.45, 7) is 15.1. The van der Waals surface area contributed by atoms with Gasteiger partial charge in [0.2, 0.25) is 5.88 Å². The summed E-state index contributed by atoms with van der Waals surface area (Å²) < 4.78 is 77.1. The smallest absolute Gasteiger partial charge is 0.341 e. The lowest BCUT2D eigenvalue weighted by Gasteiger charge is -2.19. The lowest BCUT2D eigenvalue weighted by atomic mass is 9.91. The first-order valence-corrected chi connectivity index (χ1v) is 33.5. The van der Waals surface area contributed by atoms with Crippen LogP contribution in [-0.2, 0) is 72.0 Å². The van der Waals surface area contributed by atoms with Gasteiger partial charge >= 0.3 is 11.9 Å². The zero-order valence-corrected chi connectivity index (χ0v) is 56.1. The van der Waals surface area contributed by atoms with Crippen LogP contribution in [0.15, 0.2) is 122 Å². The molecule has 0 saturated heterocycles. The van der Waals surface area contributed by atoms with E-state index in [9.17, 15) is 50.4 Å². The van der Waals surface area contributed by atoms with Gasteiger partial charge in [-0.2, -0.15) is 0 Å². The topological polar surface area (TPSA) is 321 Å². The number of amides is 2. The van der Waals surface area contributed by atoms with Crippen molar-refractivity contribution in [2.75, 3.05) is 39.8 Å². The molecule has 5 aromatic carbocycles. The normalized spacial score (nSPS) is 13.5. The molecule has 496 valence electrons. The predicted molar refractivity (Wildman–Crippen MR) is 349 cm³/mol. The number of sulfone groups is 1. The van der Waals surface area contributed by atoms with Crippen LogP contribution in [0.2, 0.25) is 10.0 Å². The molecule has 1 fully saturated rings. The molecule has 1 aliphatic carbocycles. The van der Waals surface area contributed by atoms with E-state index in [1.165, 1.54) is 85.2 Å². The average molecular weight is 1360 g/mol. The highest BCUT2D eigenvalue weighted by atomic mass is 35.5. The van der Waals surface area contributed by atoms with Crippen LogP contribution in [0.3, 0.4) is 0 Å². The van der Waals surface area contributed by atoms with Crippen LogP contribution >= 0.6 is 23.2 Å². The number of ether oxygens (including phenoxy) is 4. The number of rotatable bonds is 17. The number of carboxylic acid groups (broad SMARTS) is 1. The van der Waals surface area contributed by atoms with Crippen LogP contribution < -0.4 is 35.4 Å². The van der Waals surface area contributed by atoms with E-state index < -0.39 is 55.1 Å². The highest BCUT2D eigenvalue weighted by Crippen LogP contribution is 2.37. The van der Waals surface area contributed by atoms with Crippen molar-refractivity contribution in [3.05, 3.63) is 178 Å². The minimum atomic E-state index is -4.07. The number of carbonyl (C=O) groups is 5. The second kappa shape index (κ2) is 30.7. The van der Waals surface area contributed by atoms with Crippen LogP contribution in [0.4, 0.5) is 0 Å². The Morgan fingerprint density at radius 3 is 1.97 bits per heavy atom. The maximum absolute atomic E-state index is 13.5. The summed E-state index contributed by atoms with van der Waals surface area (Å²) in [5.74, 6) is -1.99. The molecular formula is C65H73Cl2N7O17S2. The fraction of sp³-hybridized carbons (Fsp3) is 0.354. The van der Waals surface area contributed by atoms with Crippen molar-refractivity contribution in [3.8, 4) is 28.5 Å². The molecular weight excluding hydrogens is 1290 g/mol. The molecule has 2 amide bonds. The molecule has 7 aromatic rings. The van der Waals surface area contributed by atoms with Crippen LogP contribution in [0.5, 0.6) is 17.4 Å². The van der Waals surface area contributed by atoms with Gasteiger partial charge in [-0.05, 0) is 149 Å². The quantitative estimate of drug-likeness (QED) is 0.0489. The van der Waals surface area contributed by atoms with E-state index >= 15 is 0 Å². The molecule has 24 nitrogen and oxygen atoms in total. The number of methoxy groups -OCH3 is 1. The third-order valence-electron chi connectivity index (χ3n) is 14.7. The number of hydrogen-bond acceptors (Lipinski definition) is 17. The van der Waals surface area contributed by atoms with Crippen molar-refractivity contribution in [2.45, 2.75) is 109 Å². The number of carbonyl (C=O) groups excluding carboxylic acids is 4. The van der Waals surface area contributed by atoms with Crippen LogP contribution in [0.25, 0.3) is 11.1 Å². The van der Waals surface area contributed by atoms with Gasteiger partial charge in [0.1, 0.15) is 29.2 Å². The molecule has 0 spiro atoms. The summed E-state index contributed by atoms with van der Waals surface area (Å²) in [7, 11) is -4.69. The van der Waals surface area contributed by atoms with Crippen molar-refractivity contribution in [1.82, 2.24) is 29.2 Å². The number of sulfonamides is 1. The summed E-state index contributed by atoms with van der Waals surface area (Å²) in [5.41, 5.74) is 5.58. The van der Waals surface area contributed by atoms with Crippen LogP contribution in [0, 0.1) is 19.3 Å². The van der Waals surface area contributed by atoms with Crippen molar-refractivity contribution >= 4 is 78.3 Å². The zero-order valence-electron chi connectivity index (χ0n) is 52.9. The van der Waals surface area contributed by atoms with E-state index in [-0.39, 0.29) is 55.7 Å². The predicted octanol–water partition coefficient (Wildman–Crippen LogP) is 8.68. The van der Waals surface area contributed by atoms with Crippen molar-refractivity contribution in [2.24, 2.45) is 17.6 Å². The molecule has 2 aliphatic heterocycles. The molecule has 93 heavy (non-hydrogen) atoms. The van der Waals surface area contributed by atoms with Gasteiger partial charge in [-0.25, -0.2) is 35.7 Å². The number of H-pyrrole nitrogens is 1. The Hall–Kier alpha value is -8.82. The number of hydrogen-bond donors (Lipinski definition) is 4. The number of ketones is 1. The second-order valence-corrected chi connectivity index (χ2v) is 27.2. The van der Waals surface area contributed by atoms with E-state index in [0.29, 0.717) is 89.0 Å². The Labute approximate surface area is 547 Å². The third-order valence-corrected chi connectivity index (χ3v) is 17.7. The number of esters is 1. The molecule has 4 heterocycles. The van der Waals surface area contributed by atoms with Crippen molar-refractivity contribution in [3.63, 3.8) is 0 Å². The Bertz CT molecular complexity index is 4340. The molecule has 4 N–H and O–H groups in total. The van der Waals surface area contributed by atoms with E-state index in [1.807, 2.05) is 25.5 Å². The molecule has 0 bridgehead atoms. The van der Waals surface area contributed by atoms with Crippen LogP contribution in [-0.4, -0.2) is 122 Å². The number of fused-ring (bicyclic) bond motifs is 1. The van der Waals surface area contributed by atoms with E-state index in [2.05, 4.69) is 48.5 Å². The molecule has 28 heteroatoms. The molecule has 0 atom stereocenters. The number of halogens is 2. The van der Waals surface area contributed by atoms with E-state index in [0.717, 1.165) is 48.6 Å². The molecule has 0 radical (unpaired) electrons. The first-order valence-electron chi connectivity index (χ1n) is 29.4. The molecule has 0 unspecified atom stereocenters. The monoisotopic (exact) mass is 1360 g/mol. The number of aromatic amines is 1. The van der Waals surface area contributed by atoms with Gasteiger partial charge in [-0.3, -0.25) is 33.4 Å². The number of oxime groups is 1. The lowest BCUT2D eigenvalue weighted by molar-refractivity contribution is -0.143. The number of aryl methyl sites for hydroxylation is 4. The van der Waals surface area contributed by atoms with E-state index in [1.54, 1.807) is 40.6 Å². The lowest BCUT2D eigenvalue weighted by Crippen LogP contribution is -2.31. The van der Waals surface area contributed by atoms with Gasteiger partial charge in [-0.15, -0.1) is 0 Å². The molecule has 1 saturated carbocycles. The number of aromatic nitrogens is 4. The Balaban J connectivity index is 0.000000181. The minimum absolute atomic E-state index is 0.00623. The number of benzene rings is 5. The Morgan fingerprint density at radius 2 is 1.42 bits per heavy atom. The second-order valence-electron chi connectivity index (χ2n) is 22.7.